The second-order valence-corrected chi connectivity index (χ2v) is 5.68. The van der Waals surface area contributed by atoms with E-state index in [0.717, 1.165) is 32.7 Å². The van der Waals surface area contributed by atoms with Crippen LogP contribution < -0.4 is 5.73 Å². The number of rotatable bonds is 3. The van der Waals surface area contributed by atoms with E-state index in [1.807, 2.05) is 23.1 Å². The molecule has 114 valence electrons. The summed E-state index contributed by atoms with van der Waals surface area (Å²) in [6.07, 6.45) is 0. The van der Waals surface area contributed by atoms with Gasteiger partial charge in [0.15, 0.2) is 0 Å². The Labute approximate surface area is 131 Å². The van der Waals surface area contributed by atoms with Crippen molar-refractivity contribution in [3.05, 3.63) is 65.7 Å². The standard InChI is InChI=1S/C18H21N3O/c19-17-8-4-7-16(13-17)18(22)21-11-9-20(10-12-21)14-15-5-2-1-3-6-15/h1-8,13H,9-12,14,19H2. The number of nitrogens with two attached hydrogens (primary N) is 1. The fourth-order valence-corrected chi connectivity index (χ4v) is 2.80. The van der Waals surface area contributed by atoms with Crippen molar-refractivity contribution in [2.75, 3.05) is 31.9 Å². The number of benzene rings is 2. The fraction of sp³-hybridized carbons (Fsp3) is 0.278. The number of hydrogen-bond acceptors (Lipinski definition) is 3. The van der Waals surface area contributed by atoms with Gasteiger partial charge in [-0.15, -0.1) is 0 Å². The quantitative estimate of drug-likeness (QED) is 0.883. The first kappa shape index (κ1) is 14.6. The van der Waals surface area contributed by atoms with E-state index in [9.17, 15) is 4.79 Å². The SMILES string of the molecule is Nc1cccc(C(=O)N2CCN(Cc3ccccc3)CC2)c1. The predicted octanol–water partition coefficient (Wildman–Crippen LogP) is 2.23. The van der Waals surface area contributed by atoms with Gasteiger partial charge in [0.2, 0.25) is 0 Å². The molecule has 4 nitrogen and oxygen atoms in total. The zero-order valence-electron chi connectivity index (χ0n) is 12.6. The Morgan fingerprint density at radius 1 is 0.955 bits per heavy atom. The second-order valence-electron chi connectivity index (χ2n) is 5.68. The maximum absolute atomic E-state index is 12.5. The lowest BCUT2D eigenvalue weighted by molar-refractivity contribution is 0.0628. The van der Waals surface area contributed by atoms with E-state index < -0.39 is 0 Å². The molecule has 0 unspecified atom stereocenters. The molecule has 0 bridgehead atoms. The fourth-order valence-electron chi connectivity index (χ4n) is 2.80. The molecule has 1 aliphatic rings. The summed E-state index contributed by atoms with van der Waals surface area (Å²) in [5.74, 6) is 0.0756. The van der Waals surface area contributed by atoms with Gasteiger partial charge in [-0.3, -0.25) is 9.69 Å². The first-order valence-corrected chi connectivity index (χ1v) is 7.63. The molecule has 0 aromatic heterocycles. The van der Waals surface area contributed by atoms with Crippen LogP contribution in [0.1, 0.15) is 15.9 Å². The van der Waals surface area contributed by atoms with Gasteiger partial charge in [0, 0.05) is 44.0 Å². The minimum atomic E-state index is 0.0756. The van der Waals surface area contributed by atoms with Crippen LogP contribution in [0.2, 0.25) is 0 Å². The molecular weight excluding hydrogens is 274 g/mol. The van der Waals surface area contributed by atoms with Crippen LogP contribution in [0.5, 0.6) is 0 Å². The third kappa shape index (κ3) is 3.46. The Kier molecular flexibility index (Phi) is 4.39. The summed E-state index contributed by atoms with van der Waals surface area (Å²) < 4.78 is 0. The molecule has 22 heavy (non-hydrogen) atoms. The molecule has 1 saturated heterocycles. The smallest absolute Gasteiger partial charge is 0.254 e. The van der Waals surface area contributed by atoms with Gasteiger partial charge < -0.3 is 10.6 Å². The largest absolute Gasteiger partial charge is 0.399 e. The van der Waals surface area contributed by atoms with Crippen LogP contribution >= 0.6 is 0 Å². The van der Waals surface area contributed by atoms with Crippen molar-refractivity contribution >= 4 is 11.6 Å². The molecule has 1 heterocycles. The molecule has 2 aromatic rings. The van der Waals surface area contributed by atoms with E-state index >= 15 is 0 Å². The highest BCUT2D eigenvalue weighted by Gasteiger charge is 2.22. The molecule has 4 heteroatoms. The van der Waals surface area contributed by atoms with Gasteiger partial charge in [0.25, 0.3) is 5.91 Å². The van der Waals surface area contributed by atoms with E-state index in [1.54, 1.807) is 12.1 Å². The summed E-state index contributed by atoms with van der Waals surface area (Å²) in [5, 5.41) is 0. The average molecular weight is 295 g/mol. The van der Waals surface area contributed by atoms with Crippen molar-refractivity contribution < 1.29 is 4.79 Å². The monoisotopic (exact) mass is 295 g/mol. The second kappa shape index (κ2) is 6.62. The van der Waals surface area contributed by atoms with Crippen LogP contribution in [0.4, 0.5) is 5.69 Å². The van der Waals surface area contributed by atoms with Crippen molar-refractivity contribution in [3.8, 4) is 0 Å². The van der Waals surface area contributed by atoms with Crippen LogP contribution in [-0.4, -0.2) is 41.9 Å². The van der Waals surface area contributed by atoms with E-state index in [4.69, 9.17) is 5.73 Å². The van der Waals surface area contributed by atoms with Gasteiger partial charge in [-0.2, -0.15) is 0 Å². The number of carbonyl (C=O) groups is 1. The summed E-state index contributed by atoms with van der Waals surface area (Å²) in [6, 6.07) is 17.7. The first-order valence-electron chi connectivity index (χ1n) is 7.63. The Morgan fingerprint density at radius 2 is 1.68 bits per heavy atom. The van der Waals surface area contributed by atoms with Gasteiger partial charge in [0.1, 0.15) is 0 Å². The van der Waals surface area contributed by atoms with Gasteiger partial charge in [-0.05, 0) is 23.8 Å². The maximum atomic E-state index is 12.5. The normalized spacial score (nSPS) is 15.7. The molecule has 0 spiro atoms. The number of hydrogen-bond donors (Lipinski definition) is 1. The molecule has 0 aliphatic carbocycles. The number of amides is 1. The Bertz CT molecular complexity index is 634. The van der Waals surface area contributed by atoms with Crippen LogP contribution in [0.25, 0.3) is 0 Å². The minimum Gasteiger partial charge on any atom is -0.399 e. The summed E-state index contributed by atoms with van der Waals surface area (Å²) >= 11 is 0. The van der Waals surface area contributed by atoms with E-state index in [2.05, 4.69) is 29.2 Å². The third-order valence-corrected chi connectivity index (χ3v) is 4.04. The highest BCUT2D eigenvalue weighted by Crippen LogP contribution is 2.13. The van der Waals surface area contributed by atoms with Crippen LogP contribution in [0.15, 0.2) is 54.6 Å². The molecule has 1 fully saturated rings. The number of nitrogen functional groups attached to an aromatic ring is 1. The number of piperazine rings is 1. The zero-order chi connectivity index (χ0) is 15.4. The van der Waals surface area contributed by atoms with Crippen molar-refractivity contribution in [2.45, 2.75) is 6.54 Å². The molecule has 3 rings (SSSR count). The zero-order valence-corrected chi connectivity index (χ0v) is 12.6. The van der Waals surface area contributed by atoms with Crippen LogP contribution in [-0.2, 0) is 6.54 Å². The summed E-state index contributed by atoms with van der Waals surface area (Å²) in [7, 11) is 0. The lowest BCUT2D eigenvalue weighted by Crippen LogP contribution is -2.48. The number of nitrogens with zero attached hydrogens (tertiary/aromatic N) is 2. The third-order valence-electron chi connectivity index (χ3n) is 4.04. The molecule has 2 aromatic carbocycles. The minimum absolute atomic E-state index is 0.0756. The Balaban J connectivity index is 1.56. The summed E-state index contributed by atoms with van der Waals surface area (Å²) in [5.41, 5.74) is 8.38. The van der Waals surface area contributed by atoms with Crippen molar-refractivity contribution in [3.63, 3.8) is 0 Å². The van der Waals surface area contributed by atoms with Crippen molar-refractivity contribution in [1.82, 2.24) is 9.80 Å². The highest BCUT2D eigenvalue weighted by atomic mass is 16.2. The lowest BCUT2D eigenvalue weighted by Gasteiger charge is -2.34. The summed E-state index contributed by atoms with van der Waals surface area (Å²) in [4.78, 5) is 16.8. The molecule has 0 atom stereocenters. The molecule has 2 N–H and O–H groups in total. The van der Waals surface area contributed by atoms with E-state index in [1.165, 1.54) is 5.56 Å². The first-order chi connectivity index (χ1) is 10.7. The van der Waals surface area contributed by atoms with Crippen molar-refractivity contribution in [1.29, 1.82) is 0 Å². The molecule has 0 radical (unpaired) electrons. The van der Waals surface area contributed by atoms with Gasteiger partial charge >= 0.3 is 0 Å². The van der Waals surface area contributed by atoms with Crippen molar-refractivity contribution in [2.24, 2.45) is 0 Å². The maximum Gasteiger partial charge on any atom is 0.254 e. The van der Waals surface area contributed by atoms with Gasteiger partial charge in [0.05, 0.1) is 0 Å². The highest BCUT2D eigenvalue weighted by molar-refractivity contribution is 5.95. The van der Waals surface area contributed by atoms with Gasteiger partial charge in [-0.25, -0.2) is 0 Å². The Morgan fingerprint density at radius 3 is 2.36 bits per heavy atom. The van der Waals surface area contributed by atoms with E-state index in [-0.39, 0.29) is 5.91 Å². The number of anilines is 1. The Hall–Kier alpha value is -2.33. The predicted molar refractivity (Wildman–Crippen MR) is 88.5 cm³/mol. The molecular formula is C18H21N3O. The van der Waals surface area contributed by atoms with Crippen LogP contribution in [0.3, 0.4) is 0 Å². The van der Waals surface area contributed by atoms with E-state index in [0.29, 0.717) is 11.3 Å². The average Bonchev–Trinajstić information content (AvgIpc) is 2.56. The summed E-state index contributed by atoms with van der Waals surface area (Å²) in [6.45, 7) is 4.29. The molecule has 0 saturated carbocycles. The van der Waals surface area contributed by atoms with Crippen LogP contribution in [0, 0.1) is 0 Å². The topological polar surface area (TPSA) is 49.6 Å². The van der Waals surface area contributed by atoms with Gasteiger partial charge in [-0.1, -0.05) is 36.4 Å². The molecule has 1 aliphatic heterocycles. The molecule has 1 amide bonds. The lowest BCUT2D eigenvalue weighted by atomic mass is 10.1. The number of carbonyl (C=O) groups excluding carboxylic acids is 1.